The van der Waals surface area contributed by atoms with Gasteiger partial charge in [0.25, 0.3) is 0 Å². The minimum absolute atomic E-state index is 0.0213. The largest absolute Gasteiger partial charge is 0.396 e. The van der Waals surface area contributed by atoms with Crippen LogP contribution in [0, 0.1) is 11.8 Å². The van der Waals surface area contributed by atoms with E-state index in [0.717, 1.165) is 28.9 Å². The maximum absolute atomic E-state index is 9.89. The van der Waals surface area contributed by atoms with Gasteiger partial charge in [0.15, 0.2) is 11.5 Å². The predicted molar refractivity (Wildman–Crippen MR) is 100 cm³/mol. The molecule has 2 N–H and O–H groups in total. The molecule has 0 radical (unpaired) electrons. The first-order valence-corrected chi connectivity index (χ1v) is 9.07. The molecule has 8 heteroatoms. The summed E-state index contributed by atoms with van der Waals surface area (Å²) in [5.74, 6) is 0.759. The number of nitrogens with one attached hydrogen (secondary N) is 1. The Hall–Kier alpha value is -3.00. The number of benzene rings is 1. The van der Waals surface area contributed by atoms with E-state index in [1.807, 2.05) is 43.7 Å². The van der Waals surface area contributed by atoms with Crippen molar-refractivity contribution >= 4 is 22.7 Å². The molecule has 0 unspecified atom stereocenters. The van der Waals surface area contributed by atoms with E-state index in [1.54, 1.807) is 6.33 Å². The fraction of sp³-hybridized carbons (Fsp3) is 0.368. The molecule has 138 valence electrons. The van der Waals surface area contributed by atoms with Crippen LogP contribution in [0.5, 0.6) is 0 Å². The van der Waals surface area contributed by atoms with Gasteiger partial charge in [-0.2, -0.15) is 0 Å². The summed E-state index contributed by atoms with van der Waals surface area (Å²) in [6.07, 6.45) is 3.99. The number of aliphatic hydroxyl groups excluding tert-OH is 1. The smallest absolute Gasteiger partial charge is 0.165 e. The first kappa shape index (κ1) is 16.2. The van der Waals surface area contributed by atoms with Gasteiger partial charge in [0, 0.05) is 25.6 Å². The highest BCUT2D eigenvalue weighted by molar-refractivity contribution is 6.03. The third-order valence-electron chi connectivity index (χ3n) is 5.62. The highest BCUT2D eigenvalue weighted by atomic mass is 16.6. The molecule has 8 nitrogen and oxygen atoms in total. The number of rotatable bonds is 4. The quantitative estimate of drug-likeness (QED) is 0.733. The third kappa shape index (κ3) is 2.40. The van der Waals surface area contributed by atoms with Crippen molar-refractivity contribution in [3.8, 4) is 0 Å². The van der Waals surface area contributed by atoms with Crippen molar-refractivity contribution in [3.05, 3.63) is 48.5 Å². The molecule has 1 fully saturated rings. The number of nitrogens with zero attached hydrogens (tertiary/aromatic N) is 5. The molecule has 5 rings (SSSR count). The second-order valence-corrected chi connectivity index (χ2v) is 6.98. The molecule has 1 aliphatic heterocycles. The molecular weight excluding hydrogens is 344 g/mol. The SMILES string of the molecule is CNc1ncnc2c1ncn2[C@@H]1C[C@H](CO)[C@@H]2ON=C(c3ccccc3)[C@@H]21. The third-order valence-corrected chi connectivity index (χ3v) is 5.62. The van der Waals surface area contributed by atoms with Gasteiger partial charge in [0.2, 0.25) is 0 Å². The summed E-state index contributed by atoms with van der Waals surface area (Å²) in [5, 5.41) is 17.3. The van der Waals surface area contributed by atoms with Crippen molar-refractivity contribution in [1.82, 2.24) is 19.5 Å². The van der Waals surface area contributed by atoms with E-state index in [9.17, 15) is 5.11 Å². The molecule has 1 saturated carbocycles. The zero-order valence-electron chi connectivity index (χ0n) is 14.9. The number of fused-ring (bicyclic) bond motifs is 2. The highest BCUT2D eigenvalue weighted by Crippen LogP contribution is 2.47. The number of oxime groups is 1. The van der Waals surface area contributed by atoms with Gasteiger partial charge in [-0.3, -0.25) is 0 Å². The molecule has 0 amide bonds. The van der Waals surface area contributed by atoms with Gasteiger partial charge in [0.05, 0.1) is 18.0 Å². The Bertz CT molecular complexity index is 1000. The molecule has 1 aliphatic carbocycles. The Kier molecular flexibility index (Phi) is 3.78. The summed E-state index contributed by atoms with van der Waals surface area (Å²) in [7, 11) is 1.82. The van der Waals surface area contributed by atoms with Gasteiger partial charge < -0.3 is 19.8 Å². The van der Waals surface area contributed by atoms with Crippen LogP contribution < -0.4 is 5.32 Å². The van der Waals surface area contributed by atoms with Crippen LogP contribution in [0.25, 0.3) is 11.2 Å². The van der Waals surface area contributed by atoms with Crippen molar-refractivity contribution in [3.63, 3.8) is 0 Å². The molecular formula is C19H20N6O2. The summed E-state index contributed by atoms with van der Waals surface area (Å²) < 4.78 is 2.08. The van der Waals surface area contributed by atoms with Crippen LogP contribution in [0.4, 0.5) is 5.82 Å². The lowest BCUT2D eigenvalue weighted by Gasteiger charge is -2.20. The van der Waals surface area contributed by atoms with Gasteiger partial charge in [-0.15, -0.1) is 0 Å². The van der Waals surface area contributed by atoms with Crippen molar-refractivity contribution in [1.29, 1.82) is 0 Å². The number of imidazole rings is 1. The molecule has 2 aromatic heterocycles. The zero-order chi connectivity index (χ0) is 18.4. The number of anilines is 1. The summed E-state index contributed by atoms with van der Waals surface area (Å²) in [4.78, 5) is 19.0. The van der Waals surface area contributed by atoms with Crippen LogP contribution >= 0.6 is 0 Å². The molecule has 0 saturated heterocycles. The van der Waals surface area contributed by atoms with Crippen LogP contribution in [0.2, 0.25) is 0 Å². The fourth-order valence-corrected chi connectivity index (χ4v) is 4.37. The maximum atomic E-state index is 9.89. The zero-order valence-corrected chi connectivity index (χ0v) is 14.9. The van der Waals surface area contributed by atoms with Gasteiger partial charge in [-0.05, 0) is 12.0 Å². The average Bonchev–Trinajstić information content (AvgIpc) is 3.42. The van der Waals surface area contributed by atoms with Crippen LogP contribution in [0.1, 0.15) is 18.0 Å². The second-order valence-electron chi connectivity index (χ2n) is 6.98. The highest BCUT2D eigenvalue weighted by Gasteiger charge is 2.52. The van der Waals surface area contributed by atoms with Crippen LogP contribution in [0.3, 0.4) is 0 Å². The van der Waals surface area contributed by atoms with Crippen LogP contribution in [-0.2, 0) is 4.84 Å². The van der Waals surface area contributed by atoms with E-state index in [0.29, 0.717) is 5.82 Å². The van der Waals surface area contributed by atoms with Crippen molar-refractivity contribution < 1.29 is 9.94 Å². The fourth-order valence-electron chi connectivity index (χ4n) is 4.37. The summed E-state index contributed by atoms with van der Waals surface area (Å²) in [6.45, 7) is 0.0681. The molecule has 27 heavy (non-hydrogen) atoms. The lowest BCUT2D eigenvalue weighted by atomic mass is 9.90. The van der Waals surface area contributed by atoms with Crippen molar-refractivity contribution in [2.24, 2.45) is 17.0 Å². The number of hydrogen-bond donors (Lipinski definition) is 2. The van der Waals surface area contributed by atoms with Gasteiger partial charge in [0.1, 0.15) is 17.9 Å². The van der Waals surface area contributed by atoms with E-state index in [2.05, 4.69) is 30.0 Å². The Morgan fingerprint density at radius 1 is 1.22 bits per heavy atom. The van der Waals surface area contributed by atoms with Gasteiger partial charge in [-0.25, -0.2) is 15.0 Å². The van der Waals surface area contributed by atoms with Gasteiger partial charge in [-0.1, -0.05) is 35.5 Å². The topological polar surface area (TPSA) is 97.5 Å². The Balaban J connectivity index is 1.60. The Labute approximate surface area is 155 Å². The van der Waals surface area contributed by atoms with E-state index in [1.165, 1.54) is 0 Å². The van der Waals surface area contributed by atoms with Crippen molar-refractivity contribution in [2.75, 3.05) is 19.0 Å². The molecule has 3 heterocycles. The van der Waals surface area contributed by atoms with Crippen molar-refractivity contribution in [2.45, 2.75) is 18.6 Å². The lowest BCUT2D eigenvalue weighted by molar-refractivity contribution is 0.0206. The summed E-state index contributed by atoms with van der Waals surface area (Å²) in [6, 6.07) is 10.1. The summed E-state index contributed by atoms with van der Waals surface area (Å²) in [5.41, 5.74) is 3.48. The minimum atomic E-state index is -0.140. The molecule has 4 atom stereocenters. The second kappa shape index (κ2) is 6.31. The van der Waals surface area contributed by atoms with Gasteiger partial charge >= 0.3 is 0 Å². The lowest BCUT2D eigenvalue weighted by Crippen LogP contribution is -2.28. The Morgan fingerprint density at radius 2 is 2.07 bits per heavy atom. The van der Waals surface area contributed by atoms with E-state index >= 15 is 0 Å². The maximum Gasteiger partial charge on any atom is 0.165 e. The van der Waals surface area contributed by atoms with Crippen LogP contribution in [0.15, 0.2) is 48.1 Å². The first-order chi connectivity index (χ1) is 13.3. The Morgan fingerprint density at radius 3 is 2.85 bits per heavy atom. The van der Waals surface area contributed by atoms with E-state index in [4.69, 9.17) is 4.84 Å². The normalized spacial score (nSPS) is 26.7. The molecule has 3 aromatic rings. The monoisotopic (exact) mass is 364 g/mol. The standard InChI is InChI=1S/C19H20N6O2/c1-20-18-16-19(22-9-21-18)25(10-23-16)13-7-12(8-26)17-14(13)15(24-27-17)11-5-3-2-4-6-11/h2-6,9-10,12-14,17,26H,7-8H2,1H3,(H,20,21,22)/t12-,13-,14+,17+/m1/s1. The minimum Gasteiger partial charge on any atom is -0.396 e. The number of hydrogen-bond acceptors (Lipinski definition) is 7. The molecule has 0 bridgehead atoms. The number of aliphatic hydroxyl groups is 1. The number of aromatic nitrogens is 4. The summed E-state index contributed by atoms with van der Waals surface area (Å²) >= 11 is 0. The molecule has 2 aliphatic rings. The van der Waals surface area contributed by atoms with E-state index in [-0.39, 0.29) is 30.6 Å². The average molecular weight is 364 g/mol. The van der Waals surface area contributed by atoms with E-state index < -0.39 is 0 Å². The first-order valence-electron chi connectivity index (χ1n) is 9.07. The van der Waals surface area contributed by atoms with Crippen LogP contribution in [-0.4, -0.2) is 50.1 Å². The molecule has 1 aromatic carbocycles. The molecule has 0 spiro atoms. The predicted octanol–water partition coefficient (Wildman–Crippen LogP) is 1.84.